The molecule has 2 rings (SSSR count). The Morgan fingerprint density at radius 2 is 2.25 bits per heavy atom. The Morgan fingerprint density at radius 3 is 2.80 bits per heavy atom. The zero-order valence-electron chi connectivity index (χ0n) is 10.8. The van der Waals surface area contributed by atoms with E-state index in [2.05, 4.69) is 15.6 Å². The van der Waals surface area contributed by atoms with Gasteiger partial charge in [0.25, 0.3) is 5.91 Å². The number of alkyl halides is 3. The molecule has 0 bridgehead atoms. The maximum atomic E-state index is 12.3. The lowest BCUT2D eigenvalue weighted by Gasteiger charge is -2.22. The summed E-state index contributed by atoms with van der Waals surface area (Å²) in [7, 11) is 0. The predicted octanol–water partition coefficient (Wildman–Crippen LogP) is 1.83. The number of nitrogens with zero attached hydrogens (tertiary/aromatic N) is 1. The van der Waals surface area contributed by atoms with Gasteiger partial charge in [-0.3, -0.25) is 9.78 Å². The first-order valence-electron chi connectivity index (χ1n) is 6.49. The Morgan fingerprint density at radius 1 is 1.45 bits per heavy atom. The second-order valence-corrected chi connectivity index (χ2v) is 4.85. The topological polar surface area (TPSA) is 54.0 Å². The number of pyridine rings is 1. The van der Waals surface area contributed by atoms with Gasteiger partial charge in [-0.1, -0.05) is 0 Å². The lowest BCUT2D eigenvalue weighted by atomic mass is 10.00. The largest absolute Gasteiger partial charge is 0.433 e. The highest BCUT2D eigenvalue weighted by molar-refractivity contribution is 5.93. The van der Waals surface area contributed by atoms with Crippen molar-refractivity contribution in [1.82, 2.24) is 15.6 Å². The fraction of sp³-hybridized carbons (Fsp3) is 0.538. The van der Waals surface area contributed by atoms with E-state index in [1.54, 1.807) is 0 Å². The summed E-state index contributed by atoms with van der Waals surface area (Å²) < 4.78 is 37.0. The zero-order valence-corrected chi connectivity index (χ0v) is 10.8. The fourth-order valence-electron chi connectivity index (χ4n) is 2.13. The molecule has 110 valence electrons. The second kappa shape index (κ2) is 6.21. The van der Waals surface area contributed by atoms with E-state index in [1.807, 2.05) is 0 Å². The number of amides is 1. The molecule has 0 aliphatic carbocycles. The molecule has 2 heterocycles. The highest BCUT2D eigenvalue weighted by Crippen LogP contribution is 2.27. The minimum absolute atomic E-state index is 0.141. The van der Waals surface area contributed by atoms with Gasteiger partial charge >= 0.3 is 6.18 Å². The van der Waals surface area contributed by atoms with Gasteiger partial charge in [0, 0.05) is 12.7 Å². The van der Waals surface area contributed by atoms with E-state index in [9.17, 15) is 18.0 Å². The fourth-order valence-corrected chi connectivity index (χ4v) is 2.13. The van der Waals surface area contributed by atoms with Crippen LogP contribution in [0.1, 0.15) is 28.9 Å². The lowest BCUT2D eigenvalue weighted by Crippen LogP contribution is -2.38. The van der Waals surface area contributed by atoms with E-state index in [1.165, 1.54) is 0 Å². The molecule has 0 saturated carbocycles. The van der Waals surface area contributed by atoms with Crippen LogP contribution in [0.4, 0.5) is 13.2 Å². The molecule has 1 aromatic rings. The monoisotopic (exact) mass is 287 g/mol. The average molecular weight is 287 g/mol. The SMILES string of the molecule is O=C(NCC1CCCNC1)c1ccc(C(F)(F)F)nc1. The average Bonchev–Trinajstić information content (AvgIpc) is 2.45. The Kier molecular flexibility index (Phi) is 4.59. The molecular weight excluding hydrogens is 271 g/mol. The van der Waals surface area contributed by atoms with Crippen LogP contribution in [0, 0.1) is 5.92 Å². The van der Waals surface area contributed by atoms with Gasteiger partial charge < -0.3 is 10.6 Å². The molecular formula is C13H16F3N3O. The number of rotatable bonds is 3. The van der Waals surface area contributed by atoms with Crippen LogP contribution in [0.25, 0.3) is 0 Å². The first-order valence-corrected chi connectivity index (χ1v) is 6.49. The molecule has 1 aliphatic rings. The molecule has 1 aromatic heterocycles. The Labute approximate surface area is 114 Å². The molecule has 7 heteroatoms. The minimum atomic E-state index is -4.48. The van der Waals surface area contributed by atoms with Crippen LogP contribution in [0.3, 0.4) is 0 Å². The van der Waals surface area contributed by atoms with E-state index < -0.39 is 17.8 Å². The Balaban J connectivity index is 1.89. The van der Waals surface area contributed by atoms with Crippen molar-refractivity contribution in [2.75, 3.05) is 19.6 Å². The van der Waals surface area contributed by atoms with E-state index in [0.29, 0.717) is 12.5 Å². The first kappa shape index (κ1) is 14.8. The van der Waals surface area contributed by atoms with Crippen molar-refractivity contribution < 1.29 is 18.0 Å². The second-order valence-electron chi connectivity index (χ2n) is 4.85. The molecule has 0 aromatic carbocycles. The van der Waals surface area contributed by atoms with E-state index in [0.717, 1.165) is 44.3 Å². The van der Waals surface area contributed by atoms with Crippen molar-refractivity contribution in [3.8, 4) is 0 Å². The normalized spacial score (nSPS) is 19.6. The molecule has 1 fully saturated rings. The number of nitrogens with one attached hydrogen (secondary N) is 2. The van der Waals surface area contributed by atoms with Gasteiger partial charge in [-0.2, -0.15) is 13.2 Å². The van der Waals surface area contributed by atoms with E-state index in [4.69, 9.17) is 0 Å². The molecule has 1 aliphatic heterocycles. The van der Waals surface area contributed by atoms with Gasteiger partial charge in [0.2, 0.25) is 0 Å². The van der Waals surface area contributed by atoms with E-state index in [-0.39, 0.29) is 5.56 Å². The number of hydrogen-bond acceptors (Lipinski definition) is 3. The maximum Gasteiger partial charge on any atom is 0.433 e. The molecule has 1 atom stereocenters. The number of carbonyl (C=O) groups excluding carboxylic acids is 1. The van der Waals surface area contributed by atoms with Crippen LogP contribution in [0.2, 0.25) is 0 Å². The number of aromatic nitrogens is 1. The summed E-state index contributed by atoms with van der Waals surface area (Å²) in [5.74, 6) is -0.0214. The number of carbonyl (C=O) groups is 1. The van der Waals surface area contributed by atoms with Crippen molar-refractivity contribution in [1.29, 1.82) is 0 Å². The van der Waals surface area contributed by atoms with Gasteiger partial charge in [-0.15, -0.1) is 0 Å². The molecule has 2 N–H and O–H groups in total. The smallest absolute Gasteiger partial charge is 0.352 e. The molecule has 1 amide bonds. The third-order valence-electron chi connectivity index (χ3n) is 3.27. The zero-order chi connectivity index (χ0) is 14.6. The number of halogens is 3. The third kappa shape index (κ3) is 3.93. The quantitative estimate of drug-likeness (QED) is 0.892. The summed E-state index contributed by atoms with van der Waals surface area (Å²) in [5.41, 5.74) is -0.854. The molecule has 1 saturated heterocycles. The third-order valence-corrected chi connectivity index (χ3v) is 3.27. The Hall–Kier alpha value is -1.63. The highest BCUT2D eigenvalue weighted by Gasteiger charge is 2.32. The summed E-state index contributed by atoms with van der Waals surface area (Å²) >= 11 is 0. The molecule has 0 radical (unpaired) electrons. The first-order chi connectivity index (χ1) is 9.47. The molecule has 20 heavy (non-hydrogen) atoms. The van der Waals surface area contributed by atoms with Gasteiger partial charge in [0.15, 0.2) is 0 Å². The van der Waals surface area contributed by atoms with Crippen molar-refractivity contribution >= 4 is 5.91 Å². The highest BCUT2D eigenvalue weighted by atomic mass is 19.4. The molecule has 0 spiro atoms. The molecule has 1 unspecified atom stereocenters. The van der Waals surface area contributed by atoms with Crippen LogP contribution < -0.4 is 10.6 Å². The van der Waals surface area contributed by atoms with Crippen LogP contribution in [0.15, 0.2) is 18.3 Å². The van der Waals surface area contributed by atoms with Gasteiger partial charge in [0.1, 0.15) is 5.69 Å². The summed E-state index contributed by atoms with van der Waals surface area (Å²) in [6.07, 6.45) is -1.42. The summed E-state index contributed by atoms with van der Waals surface area (Å²) in [4.78, 5) is 15.1. The van der Waals surface area contributed by atoms with Gasteiger partial charge in [0.05, 0.1) is 5.56 Å². The van der Waals surface area contributed by atoms with Crippen molar-refractivity contribution in [2.24, 2.45) is 5.92 Å². The Bertz CT molecular complexity index is 453. The lowest BCUT2D eigenvalue weighted by molar-refractivity contribution is -0.141. The summed E-state index contributed by atoms with van der Waals surface area (Å²) in [5, 5.41) is 5.96. The molecule has 4 nitrogen and oxygen atoms in total. The summed E-state index contributed by atoms with van der Waals surface area (Å²) in [6.45, 7) is 2.37. The predicted molar refractivity (Wildman–Crippen MR) is 67.2 cm³/mol. The number of hydrogen-bond donors (Lipinski definition) is 2. The summed E-state index contributed by atoms with van der Waals surface area (Å²) in [6, 6.07) is 1.96. The van der Waals surface area contributed by atoms with Crippen LogP contribution in [-0.2, 0) is 6.18 Å². The number of piperidine rings is 1. The standard InChI is InChI=1S/C13H16F3N3O/c14-13(15,16)11-4-3-10(8-18-11)12(20)19-7-9-2-1-5-17-6-9/h3-4,8-9,17H,1-2,5-7H2,(H,19,20). The maximum absolute atomic E-state index is 12.3. The van der Waals surface area contributed by atoms with Crippen molar-refractivity contribution in [2.45, 2.75) is 19.0 Å². The van der Waals surface area contributed by atoms with Crippen LogP contribution >= 0.6 is 0 Å². The van der Waals surface area contributed by atoms with Crippen LogP contribution in [-0.4, -0.2) is 30.5 Å². The van der Waals surface area contributed by atoms with Gasteiger partial charge in [-0.05, 0) is 44.0 Å². The van der Waals surface area contributed by atoms with Crippen LogP contribution in [0.5, 0.6) is 0 Å². The van der Waals surface area contributed by atoms with Crippen molar-refractivity contribution in [3.63, 3.8) is 0 Å². The van der Waals surface area contributed by atoms with Gasteiger partial charge in [-0.25, -0.2) is 0 Å². The minimum Gasteiger partial charge on any atom is -0.352 e. The van der Waals surface area contributed by atoms with E-state index >= 15 is 0 Å². The van der Waals surface area contributed by atoms with Crippen molar-refractivity contribution in [3.05, 3.63) is 29.6 Å².